The zero-order valence-electron chi connectivity index (χ0n) is 12.7. The summed E-state index contributed by atoms with van der Waals surface area (Å²) in [5.74, 6) is -0.130. The van der Waals surface area contributed by atoms with Gasteiger partial charge in [-0.2, -0.15) is 0 Å². The molecule has 21 heavy (non-hydrogen) atoms. The third-order valence-electron chi connectivity index (χ3n) is 3.56. The van der Waals surface area contributed by atoms with E-state index in [0.717, 1.165) is 0 Å². The molecule has 1 heterocycles. The number of carbonyl (C=O) groups is 3. The van der Waals surface area contributed by atoms with Gasteiger partial charge in [0.25, 0.3) is 0 Å². The summed E-state index contributed by atoms with van der Waals surface area (Å²) in [5, 5.41) is 12.4. The Labute approximate surface area is 124 Å². The molecule has 0 bridgehead atoms. The number of nitrogens with zero attached hydrogens (tertiary/aromatic N) is 3. The minimum absolute atomic E-state index is 0.0652. The molecule has 0 aromatic rings. The smallest absolute Gasteiger partial charge is 0.407 e. The monoisotopic (exact) mass is 300 g/mol. The average molecular weight is 300 g/mol. The Morgan fingerprint density at radius 3 is 1.48 bits per heavy atom. The molecule has 0 spiro atoms. The average Bonchev–Trinajstić information content (AvgIpc) is 2.38. The van der Waals surface area contributed by atoms with Gasteiger partial charge in [-0.3, -0.25) is 9.59 Å². The first-order valence-corrected chi connectivity index (χ1v) is 7.11. The molecule has 8 nitrogen and oxygen atoms in total. The highest BCUT2D eigenvalue weighted by atomic mass is 16.4. The van der Waals surface area contributed by atoms with Crippen LogP contribution in [0.5, 0.6) is 0 Å². The fourth-order valence-corrected chi connectivity index (χ4v) is 2.19. The lowest BCUT2D eigenvalue weighted by atomic mass is 10.3. The summed E-state index contributed by atoms with van der Waals surface area (Å²) in [6.07, 6.45) is -1.03. The summed E-state index contributed by atoms with van der Waals surface area (Å²) in [7, 11) is 0. The number of hydrogen-bond acceptors (Lipinski definition) is 4. The Morgan fingerprint density at radius 1 is 0.762 bits per heavy atom. The number of nitrogens with one attached hydrogen (secondary N) is 1. The molecule has 1 saturated heterocycles. The molecule has 1 rings (SSSR count). The maximum Gasteiger partial charge on any atom is 0.407 e. The molecule has 0 aliphatic carbocycles. The molecule has 0 atom stereocenters. The summed E-state index contributed by atoms with van der Waals surface area (Å²) in [6, 6.07) is 0. The largest absolute Gasteiger partial charge is 0.465 e. The molecule has 1 fully saturated rings. The van der Waals surface area contributed by atoms with Crippen LogP contribution < -0.4 is 5.32 Å². The van der Waals surface area contributed by atoms with Crippen molar-refractivity contribution in [2.24, 2.45) is 0 Å². The second-order valence-corrected chi connectivity index (χ2v) is 5.03. The van der Waals surface area contributed by atoms with Crippen LogP contribution in [0, 0.1) is 0 Å². The standard InChI is InChI=1S/C13H24N4O4/c1-11(18)15-5-3-14-4-6-16(12(2)19)8-10-17(9-7-15)13(20)21/h14H,3-10H2,1-2H3,(H,20,21). The van der Waals surface area contributed by atoms with Crippen molar-refractivity contribution in [3.05, 3.63) is 0 Å². The second kappa shape index (κ2) is 8.46. The van der Waals surface area contributed by atoms with Crippen molar-refractivity contribution in [3.63, 3.8) is 0 Å². The predicted octanol–water partition coefficient (Wildman–Crippen LogP) is -0.733. The highest BCUT2D eigenvalue weighted by Crippen LogP contribution is 1.98. The minimum atomic E-state index is -1.03. The van der Waals surface area contributed by atoms with Crippen molar-refractivity contribution in [3.8, 4) is 0 Å². The number of carboxylic acid groups (broad SMARTS) is 1. The molecule has 8 heteroatoms. The van der Waals surface area contributed by atoms with E-state index in [-0.39, 0.29) is 24.9 Å². The van der Waals surface area contributed by atoms with Gasteiger partial charge in [0.1, 0.15) is 0 Å². The van der Waals surface area contributed by atoms with Gasteiger partial charge in [0.05, 0.1) is 0 Å². The van der Waals surface area contributed by atoms with Crippen molar-refractivity contribution >= 4 is 17.9 Å². The van der Waals surface area contributed by atoms with E-state index >= 15 is 0 Å². The van der Waals surface area contributed by atoms with Crippen LogP contribution in [-0.2, 0) is 9.59 Å². The van der Waals surface area contributed by atoms with Crippen LogP contribution in [0.4, 0.5) is 4.79 Å². The van der Waals surface area contributed by atoms with Crippen molar-refractivity contribution < 1.29 is 19.5 Å². The molecule has 120 valence electrons. The Kier molecular flexibility index (Phi) is 6.93. The molecule has 1 aliphatic rings. The summed E-state index contributed by atoms with van der Waals surface area (Å²) in [6.45, 7) is 6.50. The van der Waals surface area contributed by atoms with Crippen LogP contribution >= 0.6 is 0 Å². The van der Waals surface area contributed by atoms with Crippen LogP contribution in [0.3, 0.4) is 0 Å². The van der Waals surface area contributed by atoms with Crippen molar-refractivity contribution in [1.82, 2.24) is 20.0 Å². The van der Waals surface area contributed by atoms with Gasteiger partial charge in [-0.25, -0.2) is 4.79 Å². The van der Waals surface area contributed by atoms with Crippen LogP contribution in [0.25, 0.3) is 0 Å². The van der Waals surface area contributed by atoms with E-state index in [1.807, 2.05) is 0 Å². The first-order chi connectivity index (χ1) is 9.91. The summed E-state index contributed by atoms with van der Waals surface area (Å²) >= 11 is 0. The highest BCUT2D eigenvalue weighted by Gasteiger charge is 2.18. The lowest BCUT2D eigenvalue weighted by molar-refractivity contribution is -0.129. The van der Waals surface area contributed by atoms with E-state index in [0.29, 0.717) is 39.3 Å². The summed E-state index contributed by atoms with van der Waals surface area (Å²) < 4.78 is 0. The van der Waals surface area contributed by atoms with Crippen molar-refractivity contribution in [2.75, 3.05) is 52.4 Å². The number of carbonyl (C=O) groups excluding carboxylic acids is 2. The van der Waals surface area contributed by atoms with Crippen LogP contribution in [0.1, 0.15) is 13.8 Å². The quantitative estimate of drug-likeness (QED) is 0.615. The van der Waals surface area contributed by atoms with E-state index in [2.05, 4.69) is 5.32 Å². The van der Waals surface area contributed by atoms with E-state index in [9.17, 15) is 19.5 Å². The number of rotatable bonds is 0. The molecule has 0 aromatic heterocycles. The third kappa shape index (κ3) is 5.99. The Morgan fingerprint density at radius 2 is 1.14 bits per heavy atom. The maximum atomic E-state index is 11.5. The van der Waals surface area contributed by atoms with Gasteiger partial charge in [0.15, 0.2) is 0 Å². The lowest BCUT2D eigenvalue weighted by Crippen LogP contribution is -2.47. The number of amides is 3. The van der Waals surface area contributed by atoms with Crippen molar-refractivity contribution in [1.29, 1.82) is 0 Å². The fourth-order valence-electron chi connectivity index (χ4n) is 2.19. The Hall–Kier alpha value is -1.83. The zero-order valence-corrected chi connectivity index (χ0v) is 12.7. The topological polar surface area (TPSA) is 93.2 Å². The summed E-state index contributed by atoms with van der Waals surface area (Å²) in [4.78, 5) is 38.8. The van der Waals surface area contributed by atoms with Gasteiger partial charge < -0.3 is 25.1 Å². The van der Waals surface area contributed by atoms with E-state index in [1.54, 1.807) is 9.80 Å². The van der Waals surface area contributed by atoms with Crippen LogP contribution in [-0.4, -0.2) is 90.1 Å². The zero-order chi connectivity index (χ0) is 15.8. The molecule has 0 aromatic carbocycles. The van der Waals surface area contributed by atoms with Gasteiger partial charge in [0.2, 0.25) is 11.8 Å². The Balaban J connectivity index is 2.71. The normalized spacial score (nSPS) is 18.7. The van der Waals surface area contributed by atoms with Crippen LogP contribution in [0.15, 0.2) is 0 Å². The second-order valence-electron chi connectivity index (χ2n) is 5.03. The molecular formula is C13H24N4O4. The minimum Gasteiger partial charge on any atom is -0.465 e. The molecule has 3 amide bonds. The third-order valence-corrected chi connectivity index (χ3v) is 3.56. The van der Waals surface area contributed by atoms with E-state index in [1.165, 1.54) is 18.7 Å². The van der Waals surface area contributed by atoms with E-state index in [4.69, 9.17) is 0 Å². The van der Waals surface area contributed by atoms with Gasteiger partial charge in [0, 0.05) is 66.2 Å². The molecule has 0 radical (unpaired) electrons. The SMILES string of the molecule is CC(=O)N1CCNCCN(C(C)=O)CCN(C(=O)O)CC1. The predicted molar refractivity (Wildman–Crippen MR) is 77.0 cm³/mol. The number of hydrogen-bond donors (Lipinski definition) is 2. The van der Waals surface area contributed by atoms with Gasteiger partial charge in [-0.05, 0) is 0 Å². The van der Waals surface area contributed by atoms with Gasteiger partial charge in [-0.15, -0.1) is 0 Å². The van der Waals surface area contributed by atoms with Crippen LogP contribution in [0.2, 0.25) is 0 Å². The first-order valence-electron chi connectivity index (χ1n) is 7.11. The summed E-state index contributed by atoms with van der Waals surface area (Å²) in [5.41, 5.74) is 0. The van der Waals surface area contributed by atoms with E-state index < -0.39 is 6.09 Å². The lowest BCUT2D eigenvalue weighted by Gasteiger charge is -2.29. The molecule has 0 saturated carbocycles. The maximum absolute atomic E-state index is 11.5. The first kappa shape index (κ1) is 17.2. The van der Waals surface area contributed by atoms with Gasteiger partial charge >= 0.3 is 6.09 Å². The molecule has 0 unspecified atom stereocenters. The van der Waals surface area contributed by atoms with Crippen molar-refractivity contribution in [2.45, 2.75) is 13.8 Å². The highest BCUT2D eigenvalue weighted by molar-refractivity contribution is 5.74. The fraction of sp³-hybridized carbons (Fsp3) is 0.769. The molecule has 1 aliphatic heterocycles. The molecule has 2 N–H and O–H groups in total. The van der Waals surface area contributed by atoms with Gasteiger partial charge in [-0.1, -0.05) is 0 Å². The molecular weight excluding hydrogens is 276 g/mol. The Bertz CT molecular complexity index is 360.